The Kier molecular flexibility index (Phi) is 3.82. The zero-order valence-corrected chi connectivity index (χ0v) is 12.4. The average Bonchev–Trinajstić information content (AvgIpc) is 2.91. The Morgan fingerprint density at radius 3 is 2.95 bits per heavy atom. The largest absolute Gasteiger partial charge is 0.392 e. The first-order valence-electron chi connectivity index (χ1n) is 6.74. The zero-order chi connectivity index (χ0) is 14.8. The van der Waals surface area contributed by atoms with E-state index < -0.39 is 0 Å². The summed E-state index contributed by atoms with van der Waals surface area (Å²) in [5.41, 5.74) is 4.67. The highest BCUT2D eigenvalue weighted by Gasteiger charge is 2.05. The van der Waals surface area contributed by atoms with Gasteiger partial charge in [0.25, 0.3) is 0 Å². The molecule has 0 aliphatic heterocycles. The van der Waals surface area contributed by atoms with Crippen LogP contribution < -0.4 is 5.32 Å². The number of nitrogens with one attached hydrogen (secondary N) is 1. The second-order valence-electron chi connectivity index (χ2n) is 4.98. The molecule has 108 valence electrons. The molecule has 4 nitrogen and oxygen atoms in total. The van der Waals surface area contributed by atoms with Crippen LogP contribution in [-0.2, 0) is 13.2 Å². The van der Waals surface area contributed by atoms with Crippen molar-refractivity contribution in [2.24, 2.45) is 0 Å². The molecule has 5 heteroatoms. The number of halogens is 1. The number of aliphatic hydroxyl groups excluding tert-OH is 1. The summed E-state index contributed by atoms with van der Waals surface area (Å²) in [6, 6.07) is 9.48. The highest BCUT2D eigenvalue weighted by atomic mass is 35.5. The Bertz CT molecular complexity index is 782. The lowest BCUT2D eigenvalue weighted by atomic mass is 10.2. The minimum Gasteiger partial charge on any atom is -0.392 e. The number of hydrogen-bond donors (Lipinski definition) is 2. The topological polar surface area (TPSA) is 49.6 Å². The van der Waals surface area contributed by atoms with E-state index in [1.165, 1.54) is 0 Å². The van der Waals surface area contributed by atoms with Gasteiger partial charge < -0.3 is 14.8 Å². The maximum Gasteiger partial charge on any atom is 0.140 e. The van der Waals surface area contributed by atoms with Gasteiger partial charge in [0.1, 0.15) is 5.65 Å². The summed E-state index contributed by atoms with van der Waals surface area (Å²) in [7, 11) is 0. The summed E-state index contributed by atoms with van der Waals surface area (Å²) in [5.74, 6) is 0. The molecule has 0 amide bonds. The van der Waals surface area contributed by atoms with Gasteiger partial charge in [0.15, 0.2) is 0 Å². The van der Waals surface area contributed by atoms with Crippen LogP contribution in [0.4, 0.5) is 5.69 Å². The van der Waals surface area contributed by atoms with E-state index in [9.17, 15) is 5.11 Å². The summed E-state index contributed by atoms with van der Waals surface area (Å²) in [4.78, 5) is 4.61. The lowest BCUT2D eigenvalue weighted by Gasteiger charge is -2.08. The Morgan fingerprint density at radius 2 is 2.19 bits per heavy atom. The Hall–Kier alpha value is -2.04. The minimum atomic E-state index is -0.000587. The standard InChI is InChI=1S/C16H16ClN3O/c1-11-3-2-6-20-9-13(19-16(11)20)8-18-15-7-12(10-21)4-5-14(15)17/h2-7,9,18,21H,8,10H2,1H3. The first kappa shape index (κ1) is 13.9. The number of pyridine rings is 1. The molecular weight excluding hydrogens is 286 g/mol. The Balaban J connectivity index is 1.81. The maximum absolute atomic E-state index is 9.18. The van der Waals surface area contributed by atoms with Gasteiger partial charge in [-0.1, -0.05) is 23.7 Å². The molecule has 0 radical (unpaired) electrons. The van der Waals surface area contributed by atoms with Gasteiger partial charge in [0.2, 0.25) is 0 Å². The second-order valence-corrected chi connectivity index (χ2v) is 5.39. The van der Waals surface area contributed by atoms with Gasteiger partial charge in [-0.25, -0.2) is 4.98 Å². The molecule has 2 N–H and O–H groups in total. The predicted molar refractivity (Wildman–Crippen MR) is 84.6 cm³/mol. The molecule has 0 fully saturated rings. The van der Waals surface area contributed by atoms with E-state index in [0.29, 0.717) is 11.6 Å². The third-order valence-electron chi connectivity index (χ3n) is 3.40. The van der Waals surface area contributed by atoms with Crippen LogP contribution in [0.25, 0.3) is 5.65 Å². The fourth-order valence-electron chi connectivity index (χ4n) is 2.28. The van der Waals surface area contributed by atoms with E-state index in [1.807, 2.05) is 48.0 Å². The van der Waals surface area contributed by atoms with Gasteiger partial charge >= 0.3 is 0 Å². The normalized spacial score (nSPS) is 11.0. The van der Waals surface area contributed by atoms with Crippen molar-refractivity contribution >= 4 is 22.9 Å². The third kappa shape index (κ3) is 2.86. The molecule has 0 spiro atoms. The number of aryl methyl sites for hydroxylation is 1. The average molecular weight is 302 g/mol. The summed E-state index contributed by atoms with van der Waals surface area (Å²) in [6.45, 7) is 2.62. The van der Waals surface area contributed by atoms with Crippen LogP contribution in [-0.4, -0.2) is 14.5 Å². The quantitative estimate of drug-likeness (QED) is 0.776. The lowest BCUT2D eigenvalue weighted by Crippen LogP contribution is -2.01. The van der Waals surface area contributed by atoms with Crippen molar-refractivity contribution in [3.63, 3.8) is 0 Å². The second kappa shape index (κ2) is 5.76. The van der Waals surface area contributed by atoms with Gasteiger partial charge in [-0.2, -0.15) is 0 Å². The first-order valence-corrected chi connectivity index (χ1v) is 7.11. The molecular formula is C16H16ClN3O. The van der Waals surface area contributed by atoms with Crippen LogP contribution in [0.2, 0.25) is 5.02 Å². The van der Waals surface area contributed by atoms with Crippen molar-refractivity contribution in [1.29, 1.82) is 0 Å². The van der Waals surface area contributed by atoms with Crippen LogP contribution in [0.1, 0.15) is 16.8 Å². The fourth-order valence-corrected chi connectivity index (χ4v) is 2.47. The highest BCUT2D eigenvalue weighted by molar-refractivity contribution is 6.33. The van der Waals surface area contributed by atoms with E-state index in [1.54, 1.807) is 6.07 Å². The van der Waals surface area contributed by atoms with Gasteiger partial charge in [-0.3, -0.25) is 0 Å². The van der Waals surface area contributed by atoms with Crippen LogP contribution in [0.3, 0.4) is 0 Å². The number of fused-ring (bicyclic) bond motifs is 1. The van der Waals surface area contributed by atoms with E-state index >= 15 is 0 Å². The Morgan fingerprint density at radius 1 is 1.33 bits per heavy atom. The van der Waals surface area contributed by atoms with Crippen molar-refractivity contribution < 1.29 is 5.11 Å². The summed E-state index contributed by atoms with van der Waals surface area (Å²) < 4.78 is 2.01. The van der Waals surface area contributed by atoms with E-state index in [-0.39, 0.29) is 6.61 Å². The van der Waals surface area contributed by atoms with Gasteiger partial charge in [0, 0.05) is 12.4 Å². The molecule has 0 unspecified atom stereocenters. The molecule has 3 rings (SSSR count). The van der Waals surface area contributed by atoms with Crippen molar-refractivity contribution in [2.45, 2.75) is 20.1 Å². The molecule has 3 aromatic rings. The molecule has 0 aliphatic carbocycles. The van der Waals surface area contributed by atoms with E-state index in [2.05, 4.69) is 10.3 Å². The molecule has 21 heavy (non-hydrogen) atoms. The summed E-state index contributed by atoms with van der Waals surface area (Å²) in [5, 5.41) is 13.1. The number of imidazole rings is 1. The smallest absolute Gasteiger partial charge is 0.140 e. The Labute approximate surface area is 128 Å². The summed E-state index contributed by atoms with van der Waals surface area (Å²) >= 11 is 6.15. The van der Waals surface area contributed by atoms with Crippen LogP contribution in [0.15, 0.2) is 42.7 Å². The molecule has 0 bridgehead atoms. The molecule has 2 heterocycles. The number of benzene rings is 1. The fraction of sp³-hybridized carbons (Fsp3) is 0.188. The lowest BCUT2D eigenvalue weighted by molar-refractivity contribution is 0.282. The monoisotopic (exact) mass is 301 g/mol. The SMILES string of the molecule is Cc1cccn2cc(CNc3cc(CO)ccc3Cl)nc12. The van der Waals surface area contributed by atoms with E-state index in [4.69, 9.17) is 11.6 Å². The number of hydrogen-bond acceptors (Lipinski definition) is 3. The molecule has 2 aromatic heterocycles. The molecule has 0 atom stereocenters. The van der Waals surface area contributed by atoms with Gasteiger partial charge in [-0.15, -0.1) is 0 Å². The number of aromatic nitrogens is 2. The van der Waals surface area contributed by atoms with Crippen LogP contribution >= 0.6 is 11.6 Å². The van der Waals surface area contributed by atoms with E-state index in [0.717, 1.165) is 28.2 Å². The van der Waals surface area contributed by atoms with Crippen molar-refractivity contribution in [1.82, 2.24) is 9.38 Å². The van der Waals surface area contributed by atoms with Crippen LogP contribution in [0.5, 0.6) is 0 Å². The maximum atomic E-state index is 9.18. The molecule has 0 saturated carbocycles. The highest BCUT2D eigenvalue weighted by Crippen LogP contribution is 2.23. The first-order chi connectivity index (χ1) is 10.2. The minimum absolute atomic E-state index is 0.000587. The molecule has 1 aromatic carbocycles. The molecule has 0 aliphatic rings. The number of rotatable bonds is 4. The number of anilines is 1. The number of aliphatic hydroxyl groups is 1. The van der Waals surface area contributed by atoms with Crippen LogP contribution in [0, 0.1) is 6.92 Å². The van der Waals surface area contributed by atoms with Crippen molar-refractivity contribution in [3.8, 4) is 0 Å². The van der Waals surface area contributed by atoms with Crippen molar-refractivity contribution in [2.75, 3.05) is 5.32 Å². The van der Waals surface area contributed by atoms with Gasteiger partial charge in [0.05, 0.1) is 29.6 Å². The third-order valence-corrected chi connectivity index (χ3v) is 3.73. The summed E-state index contributed by atoms with van der Waals surface area (Å²) in [6.07, 6.45) is 3.98. The zero-order valence-electron chi connectivity index (χ0n) is 11.7. The van der Waals surface area contributed by atoms with Gasteiger partial charge in [-0.05, 0) is 36.2 Å². The molecule has 0 saturated heterocycles. The number of nitrogens with zero attached hydrogens (tertiary/aromatic N) is 2. The predicted octanol–water partition coefficient (Wildman–Crippen LogP) is 3.40. The van der Waals surface area contributed by atoms with Crippen molar-refractivity contribution in [3.05, 3.63) is 64.6 Å².